The Labute approximate surface area is 128 Å². The molecule has 7 nitrogen and oxygen atoms in total. The molecular formula is C15H18N2O5. The van der Waals surface area contributed by atoms with Crippen LogP contribution in [0.2, 0.25) is 0 Å². The first-order chi connectivity index (χ1) is 10.5. The van der Waals surface area contributed by atoms with E-state index in [2.05, 4.69) is 4.74 Å². The Morgan fingerprint density at radius 1 is 1.27 bits per heavy atom. The van der Waals surface area contributed by atoms with Crippen molar-refractivity contribution >= 4 is 17.9 Å². The molecule has 1 aliphatic heterocycles. The average molecular weight is 306 g/mol. The van der Waals surface area contributed by atoms with Gasteiger partial charge in [-0.15, -0.1) is 0 Å². The maximum atomic E-state index is 12.1. The number of methoxy groups -OCH3 is 2. The van der Waals surface area contributed by atoms with Crippen LogP contribution in [0.3, 0.4) is 0 Å². The summed E-state index contributed by atoms with van der Waals surface area (Å²) in [7, 11) is 4.41. The molecule has 0 bridgehead atoms. The van der Waals surface area contributed by atoms with Crippen LogP contribution >= 0.6 is 0 Å². The van der Waals surface area contributed by atoms with Gasteiger partial charge in [0.1, 0.15) is 5.75 Å². The van der Waals surface area contributed by atoms with E-state index in [0.29, 0.717) is 29.8 Å². The van der Waals surface area contributed by atoms with E-state index in [9.17, 15) is 14.4 Å². The largest absolute Gasteiger partial charge is 0.496 e. The van der Waals surface area contributed by atoms with Gasteiger partial charge in [0.2, 0.25) is 5.91 Å². The van der Waals surface area contributed by atoms with Crippen molar-refractivity contribution in [2.45, 2.75) is 13.0 Å². The molecule has 0 spiro atoms. The molecule has 1 heterocycles. The number of amides is 3. The van der Waals surface area contributed by atoms with E-state index in [1.165, 1.54) is 30.1 Å². The third kappa shape index (κ3) is 3.03. The summed E-state index contributed by atoms with van der Waals surface area (Å²) in [5.41, 5.74) is 0.990. The number of urea groups is 1. The van der Waals surface area contributed by atoms with Crippen LogP contribution < -0.4 is 4.74 Å². The standard InChI is InChI=1S/C15H18N2O5/c1-16-7-6-13(18)17(15(16)20)9-11-5-4-10(14(19)22-3)8-12(11)21-2/h4-5,8H,6-7,9H2,1-3H3. The van der Waals surface area contributed by atoms with Crippen LogP contribution in [0.15, 0.2) is 18.2 Å². The number of hydrogen-bond acceptors (Lipinski definition) is 5. The van der Waals surface area contributed by atoms with E-state index < -0.39 is 5.97 Å². The van der Waals surface area contributed by atoms with Crippen molar-refractivity contribution in [2.75, 3.05) is 27.8 Å². The minimum Gasteiger partial charge on any atom is -0.496 e. The first-order valence-corrected chi connectivity index (χ1v) is 6.78. The maximum absolute atomic E-state index is 12.1. The van der Waals surface area contributed by atoms with E-state index in [1.807, 2.05) is 0 Å². The van der Waals surface area contributed by atoms with E-state index in [1.54, 1.807) is 19.2 Å². The zero-order valence-corrected chi connectivity index (χ0v) is 12.8. The number of carbonyl (C=O) groups excluding carboxylic acids is 3. The summed E-state index contributed by atoms with van der Waals surface area (Å²) < 4.78 is 9.90. The van der Waals surface area contributed by atoms with Gasteiger partial charge in [-0.25, -0.2) is 9.59 Å². The molecule has 1 fully saturated rings. The molecule has 2 rings (SSSR count). The van der Waals surface area contributed by atoms with Crippen LogP contribution in [0.4, 0.5) is 4.79 Å². The molecule has 0 atom stereocenters. The van der Waals surface area contributed by atoms with Gasteiger partial charge in [-0.1, -0.05) is 6.07 Å². The molecule has 0 unspecified atom stereocenters. The normalized spacial score (nSPS) is 15.0. The lowest BCUT2D eigenvalue weighted by molar-refractivity contribution is -0.131. The van der Waals surface area contributed by atoms with E-state index >= 15 is 0 Å². The topological polar surface area (TPSA) is 76.2 Å². The Morgan fingerprint density at radius 3 is 2.64 bits per heavy atom. The van der Waals surface area contributed by atoms with Crippen molar-refractivity contribution in [3.63, 3.8) is 0 Å². The summed E-state index contributed by atoms with van der Waals surface area (Å²) >= 11 is 0. The van der Waals surface area contributed by atoms with Gasteiger partial charge in [0.05, 0.1) is 26.3 Å². The summed E-state index contributed by atoms with van der Waals surface area (Å²) in [6, 6.07) is 4.42. The average Bonchev–Trinajstić information content (AvgIpc) is 2.54. The molecule has 118 valence electrons. The summed E-state index contributed by atoms with van der Waals surface area (Å²) in [6.07, 6.45) is 0.296. The number of esters is 1. The predicted molar refractivity (Wildman–Crippen MR) is 77.5 cm³/mol. The molecule has 0 aliphatic carbocycles. The smallest absolute Gasteiger partial charge is 0.337 e. The van der Waals surface area contributed by atoms with Gasteiger partial charge >= 0.3 is 12.0 Å². The molecule has 7 heteroatoms. The van der Waals surface area contributed by atoms with Crippen LogP contribution in [0.1, 0.15) is 22.3 Å². The summed E-state index contributed by atoms with van der Waals surface area (Å²) in [5.74, 6) is -0.270. The second-order valence-corrected chi connectivity index (χ2v) is 4.95. The highest BCUT2D eigenvalue weighted by molar-refractivity contribution is 5.96. The van der Waals surface area contributed by atoms with Gasteiger partial charge in [-0.3, -0.25) is 9.69 Å². The molecule has 0 N–H and O–H groups in total. The molecule has 0 radical (unpaired) electrons. The van der Waals surface area contributed by atoms with Crippen molar-refractivity contribution in [2.24, 2.45) is 0 Å². The number of carbonyl (C=O) groups is 3. The third-order valence-corrected chi connectivity index (χ3v) is 3.56. The Morgan fingerprint density at radius 2 is 2.00 bits per heavy atom. The fraction of sp³-hybridized carbons (Fsp3) is 0.400. The van der Waals surface area contributed by atoms with E-state index in [0.717, 1.165) is 0 Å². The minimum atomic E-state index is -0.477. The highest BCUT2D eigenvalue weighted by Crippen LogP contribution is 2.24. The maximum Gasteiger partial charge on any atom is 0.337 e. The van der Waals surface area contributed by atoms with Crippen molar-refractivity contribution in [3.8, 4) is 5.75 Å². The number of rotatable bonds is 4. The van der Waals surface area contributed by atoms with E-state index in [-0.39, 0.29) is 18.5 Å². The lowest BCUT2D eigenvalue weighted by atomic mass is 10.1. The van der Waals surface area contributed by atoms with Gasteiger partial charge in [0, 0.05) is 25.6 Å². The Balaban J connectivity index is 2.27. The molecule has 22 heavy (non-hydrogen) atoms. The second-order valence-electron chi connectivity index (χ2n) is 4.95. The molecule has 1 aromatic carbocycles. The minimum absolute atomic E-state index is 0.104. The van der Waals surface area contributed by atoms with Crippen LogP contribution in [0.5, 0.6) is 5.75 Å². The SMILES string of the molecule is COC(=O)c1ccc(CN2C(=O)CCN(C)C2=O)c(OC)c1. The van der Waals surface area contributed by atoms with Crippen molar-refractivity contribution in [1.82, 2.24) is 9.80 Å². The number of hydrogen-bond donors (Lipinski definition) is 0. The van der Waals surface area contributed by atoms with Gasteiger partial charge in [0.25, 0.3) is 0 Å². The monoisotopic (exact) mass is 306 g/mol. The molecule has 1 saturated heterocycles. The summed E-state index contributed by atoms with van der Waals surface area (Å²) in [4.78, 5) is 38.2. The van der Waals surface area contributed by atoms with Crippen LogP contribution in [-0.2, 0) is 16.1 Å². The van der Waals surface area contributed by atoms with Gasteiger partial charge in [-0.2, -0.15) is 0 Å². The number of ether oxygens (including phenoxy) is 2. The van der Waals surface area contributed by atoms with Gasteiger partial charge in [-0.05, 0) is 12.1 Å². The highest BCUT2D eigenvalue weighted by Gasteiger charge is 2.30. The Hall–Kier alpha value is -2.57. The lowest BCUT2D eigenvalue weighted by Gasteiger charge is -2.32. The molecule has 1 aliphatic rings. The number of benzene rings is 1. The predicted octanol–water partition coefficient (Wildman–Crippen LogP) is 1.27. The molecule has 1 aromatic rings. The van der Waals surface area contributed by atoms with Crippen LogP contribution in [0.25, 0.3) is 0 Å². The van der Waals surface area contributed by atoms with Gasteiger partial charge < -0.3 is 14.4 Å². The fourth-order valence-corrected chi connectivity index (χ4v) is 2.25. The zero-order chi connectivity index (χ0) is 16.3. The summed E-state index contributed by atoms with van der Waals surface area (Å²) in [6.45, 7) is 0.527. The first-order valence-electron chi connectivity index (χ1n) is 6.78. The van der Waals surface area contributed by atoms with Gasteiger partial charge in [0.15, 0.2) is 0 Å². The number of nitrogens with zero attached hydrogens (tertiary/aromatic N) is 2. The zero-order valence-electron chi connectivity index (χ0n) is 12.8. The second kappa shape index (κ2) is 6.46. The van der Waals surface area contributed by atoms with Crippen LogP contribution in [-0.4, -0.2) is 55.5 Å². The molecular weight excluding hydrogens is 288 g/mol. The number of imide groups is 1. The highest BCUT2D eigenvalue weighted by atomic mass is 16.5. The van der Waals surface area contributed by atoms with Crippen molar-refractivity contribution < 1.29 is 23.9 Å². The Bertz CT molecular complexity index is 614. The Kier molecular flexibility index (Phi) is 4.65. The molecule has 0 saturated carbocycles. The quantitative estimate of drug-likeness (QED) is 0.783. The van der Waals surface area contributed by atoms with Crippen molar-refractivity contribution in [3.05, 3.63) is 29.3 Å². The fourth-order valence-electron chi connectivity index (χ4n) is 2.25. The molecule has 0 aromatic heterocycles. The summed E-state index contributed by atoms with van der Waals surface area (Å²) in [5, 5.41) is 0. The van der Waals surface area contributed by atoms with E-state index in [4.69, 9.17) is 4.74 Å². The lowest BCUT2D eigenvalue weighted by Crippen LogP contribution is -2.50. The molecule has 3 amide bonds. The first kappa shape index (κ1) is 15.8. The van der Waals surface area contributed by atoms with Crippen molar-refractivity contribution in [1.29, 1.82) is 0 Å². The third-order valence-electron chi connectivity index (χ3n) is 3.56. The van der Waals surface area contributed by atoms with Crippen LogP contribution in [0, 0.1) is 0 Å².